The zero-order chi connectivity index (χ0) is 29.7. The van der Waals surface area contributed by atoms with Crippen molar-refractivity contribution in [3.63, 3.8) is 0 Å². The van der Waals surface area contributed by atoms with Crippen molar-refractivity contribution in [2.24, 2.45) is 5.73 Å². The third kappa shape index (κ3) is 6.56. The fourth-order valence-corrected chi connectivity index (χ4v) is 4.69. The first kappa shape index (κ1) is 28.3. The fraction of sp³-hybridized carbons (Fsp3) is 0.200. The van der Waals surface area contributed by atoms with Crippen molar-refractivity contribution in [1.29, 1.82) is 5.26 Å². The van der Waals surface area contributed by atoms with E-state index >= 15 is 0 Å². The van der Waals surface area contributed by atoms with E-state index in [0.717, 1.165) is 16.7 Å². The molecule has 2 N–H and O–H groups in total. The summed E-state index contributed by atoms with van der Waals surface area (Å²) in [5, 5.41) is 9.89. The quantitative estimate of drug-likeness (QED) is 0.187. The molecule has 1 heterocycles. The van der Waals surface area contributed by atoms with Crippen molar-refractivity contribution in [3.05, 3.63) is 131 Å². The molecule has 0 bridgehead atoms. The summed E-state index contributed by atoms with van der Waals surface area (Å²) < 4.78 is 22.8. The second kappa shape index (κ2) is 12.1. The van der Waals surface area contributed by atoms with E-state index in [1.165, 1.54) is 5.56 Å². The summed E-state index contributed by atoms with van der Waals surface area (Å²) in [6.45, 7) is 6.59. The number of nitrogens with two attached hydrogens (primary N) is 1. The maximum atomic E-state index is 12.5. The van der Waals surface area contributed by atoms with Crippen LogP contribution in [0.5, 0.6) is 23.0 Å². The summed E-state index contributed by atoms with van der Waals surface area (Å²) >= 11 is 0. The minimum absolute atomic E-state index is 0.00455. The van der Waals surface area contributed by atoms with Crippen LogP contribution in [0.4, 0.5) is 0 Å². The Morgan fingerprint density at radius 1 is 0.881 bits per heavy atom. The van der Waals surface area contributed by atoms with Gasteiger partial charge in [0.25, 0.3) is 0 Å². The number of hydrogen-bond acceptors (Lipinski definition) is 7. The lowest BCUT2D eigenvalue weighted by Gasteiger charge is -2.26. The molecular weight excluding hydrogens is 528 g/mol. The lowest BCUT2D eigenvalue weighted by atomic mass is 9.83. The Morgan fingerprint density at radius 2 is 1.52 bits per heavy atom. The van der Waals surface area contributed by atoms with Gasteiger partial charge >= 0.3 is 5.97 Å². The maximum absolute atomic E-state index is 12.5. The summed E-state index contributed by atoms with van der Waals surface area (Å²) in [4.78, 5) is 12.5. The molecule has 1 aliphatic heterocycles. The van der Waals surface area contributed by atoms with Crippen LogP contribution in [0.2, 0.25) is 0 Å². The van der Waals surface area contributed by atoms with Crippen molar-refractivity contribution in [1.82, 2.24) is 0 Å². The first-order valence-corrected chi connectivity index (χ1v) is 13.6. The van der Waals surface area contributed by atoms with E-state index < -0.39 is 11.9 Å². The van der Waals surface area contributed by atoms with E-state index in [-0.39, 0.29) is 23.7 Å². The molecule has 0 saturated heterocycles. The molecule has 212 valence electrons. The third-order valence-corrected chi connectivity index (χ3v) is 6.96. The standard InChI is InChI=1S/C35H32N2O5/c1-35(2,3)25-11-15-27(16-12-25)40-22-32(38)41-28-17-18-29-31(19-28)42-34(37)30(20-36)33(29)24-9-13-26(14-10-24)39-21-23-7-5-4-6-8-23/h4-19,33H,21-22,37H2,1-3H3. The summed E-state index contributed by atoms with van der Waals surface area (Å²) in [6.07, 6.45) is 0. The van der Waals surface area contributed by atoms with Gasteiger partial charge in [0.15, 0.2) is 6.61 Å². The number of nitriles is 1. The highest BCUT2D eigenvalue weighted by Gasteiger charge is 2.31. The molecule has 7 heteroatoms. The van der Waals surface area contributed by atoms with Crippen molar-refractivity contribution in [2.75, 3.05) is 6.61 Å². The van der Waals surface area contributed by atoms with Crippen molar-refractivity contribution in [3.8, 4) is 29.1 Å². The molecule has 0 radical (unpaired) electrons. The SMILES string of the molecule is CC(C)(C)c1ccc(OCC(=O)Oc2ccc3c(c2)OC(N)=C(C#N)C3c2ccc(OCc3ccccc3)cc2)cc1. The lowest BCUT2D eigenvalue weighted by Crippen LogP contribution is -2.21. The zero-order valence-electron chi connectivity index (χ0n) is 23.8. The molecule has 4 aromatic rings. The van der Waals surface area contributed by atoms with E-state index in [4.69, 9.17) is 24.7 Å². The lowest BCUT2D eigenvalue weighted by molar-refractivity contribution is -0.136. The molecule has 0 aliphatic carbocycles. The predicted molar refractivity (Wildman–Crippen MR) is 159 cm³/mol. The van der Waals surface area contributed by atoms with E-state index in [1.807, 2.05) is 78.9 Å². The molecular formula is C35H32N2O5. The van der Waals surface area contributed by atoms with Crippen LogP contribution in [0.3, 0.4) is 0 Å². The molecule has 7 nitrogen and oxygen atoms in total. The Morgan fingerprint density at radius 3 is 2.19 bits per heavy atom. The Hall–Kier alpha value is -5.22. The van der Waals surface area contributed by atoms with Gasteiger partial charge in [0.2, 0.25) is 5.88 Å². The van der Waals surface area contributed by atoms with Crippen LogP contribution in [0, 0.1) is 11.3 Å². The van der Waals surface area contributed by atoms with Gasteiger partial charge in [-0.3, -0.25) is 0 Å². The number of carbonyl (C=O) groups excluding carboxylic acids is 1. The molecule has 0 fully saturated rings. The van der Waals surface area contributed by atoms with Crippen LogP contribution in [0.15, 0.2) is 109 Å². The number of rotatable bonds is 8. The van der Waals surface area contributed by atoms with Crippen LogP contribution in [-0.4, -0.2) is 12.6 Å². The second-order valence-electron chi connectivity index (χ2n) is 11.0. The molecule has 1 aliphatic rings. The molecule has 0 aromatic heterocycles. The van der Waals surface area contributed by atoms with E-state index in [0.29, 0.717) is 29.4 Å². The van der Waals surface area contributed by atoms with E-state index in [1.54, 1.807) is 18.2 Å². The van der Waals surface area contributed by atoms with Gasteiger partial charge in [-0.2, -0.15) is 5.26 Å². The molecule has 4 aromatic carbocycles. The van der Waals surface area contributed by atoms with Crippen LogP contribution >= 0.6 is 0 Å². The molecule has 5 rings (SSSR count). The fourth-order valence-electron chi connectivity index (χ4n) is 4.69. The topological polar surface area (TPSA) is 104 Å². The minimum Gasteiger partial charge on any atom is -0.489 e. The number of esters is 1. The number of fused-ring (bicyclic) bond motifs is 1. The average Bonchev–Trinajstić information content (AvgIpc) is 2.99. The molecule has 0 saturated carbocycles. The zero-order valence-corrected chi connectivity index (χ0v) is 23.8. The molecule has 0 spiro atoms. The van der Waals surface area contributed by atoms with Crippen LogP contribution in [0.25, 0.3) is 0 Å². The van der Waals surface area contributed by atoms with Gasteiger partial charge in [-0.1, -0.05) is 81.4 Å². The number of benzene rings is 4. The molecule has 42 heavy (non-hydrogen) atoms. The first-order valence-electron chi connectivity index (χ1n) is 13.6. The Labute approximate surface area is 245 Å². The average molecular weight is 561 g/mol. The summed E-state index contributed by atoms with van der Waals surface area (Å²) in [5.41, 5.74) is 10.3. The van der Waals surface area contributed by atoms with Gasteiger partial charge in [-0.15, -0.1) is 0 Å². The monoisotopic (exact) mass is 560 g/mol. The molecule has 1 atom stereocenters. The number of hydrogen-bond donors (Lipinski definition) is 1. The van der Waals surface area contributed by atoms with Gasteiger partial charge in [0.1, 0.15) is 41.2 Å². The van der Waals surface area contributed by atoms with Gasteiger partial charge in [0.05, 0.1) is 5.92 Å². The van der Waals surface area contributed by atoms with Gasteiger partial charge < -0.3 is 24.7 Å². The summed E-state index contributed by atoms with van der Waals surface area (Å²) in [7, 11) is 0. The van der Waals surface area contributed by atoms with E-state index in [9.17, 15) is 10.1 Å². The first-order chi connectivity index (χ1) is 20.2. The number of allylic oxidation sites excluding steroid dienone is 1. The number of nitrogens with zero attached hydrogens (tertiary/aromatic N) is 1. The minimum atomic E-state index is -0.561. The van der Waals surface area contributed by atoms with Crippen molar-refractivity contribution < 1.29 is 23.7 Å². The highest BCUT2D eigenvalue weighted by atomic mass is 16.6. The molecule has 0 amide bonds. The Balaban J connectivity index is 1.27. The van der Waals surface area contributed by atoms with Crippen molar-refractivity contribution in [2.45, 2.75) is 38.7 Å². The largest absolute Gasteiger partial charge is 0.489 e. The number of ether oxygens (including phenoxy) is 4. The highest BCUT2D eigenvalue weighted by molar-refractivity contribution is 5.74. The van der Waals surface area contributed by atoms with E-state index in [2.05, 4.69) is 26.8 Å². The molecule has 1 unspecified atom stereocenters. The number of carbonyl (C=O) groups is 1. The van der Waals surface area contributed by atoms with Crippen molar-refractivity contribution >= 4 is 5.97 Å². The van der Waals surface area contributed by atoms with Gasteiger partial charge in [-0.25, -0.2) is 4.79 Å². The normalized spacial score (nSPS) is 14.3. The van der Waals surface area contributed by atoms with Crippen LogP contribution < -0.4 is 24.7 Å². The van der Waals surface area contributed by atoms with Crippen LogP contribution in [-0.2, 0) is 16.8 Å². The van der Waals surface area contributed by atoms with Gasteiger partial charge in [0, 0.05) is 11.6 Å². The Kier molecular flexibility index (Phi) is 8.16. The summed E-state index contributed by atoms with van der Waals surface area (Å²) in [6, 6.07) is 32.3. The smallest absolute Gasteiger partial charge is 0.349 e. The highest BCUT2D eigenvalue weighted by Crippen LogP contribution is 2.43. The predicted octanol–water partition coefficient (Wildman–Crippen LogP) is 6.77. The maximum Gasteiger partial charge on any atom is 0.349 e. The van der Waals surface area contributed by atoms with Crippen LogP contribution in [0.1, 0.15) is 48.9 Å². The second-order valence-corrected chi connectivity index (χ2v) is 11.0. The Bertz CT molecular complexity index is 1630. The van der Waals surface area contributed by atoms with Gasteiger partial charge in [-0.05, 0) is 52.4 Å². The third-order valence-electron chi connectivity index (χ3n) is 6.96. The summed E-state index contributed by atoms with van der Waals surface area (Å²) in [5.74, 6) is 0.965.